The van der Waals surface area contributed by atoms with Gasteiger partial charge in [0.2, 0.25) is 11.8 Å². The van der Waals surface area contributed by atoms with Crippen molar-refractivity contribution in [3.05, 3.63) is 72.5 Å². The van der Waals surface area contributed by atoms with Crippen LogP contribution in [-0.2, 0) is 12.7 Å². The fourth-order valence-corrected chi connectivity index (χ4v) is 2.82. The van der Waals surface area contributed by atoms with Crippen molar-refractivity contribution in [3.8, 4) is 17.2 Å². The Balaban J connectivity index is 1.37. The molecule has 0 spiro atoms. The van der Waals surface area contributed by atoms with Gasteiger partial charge in [0.15, 0.2) is 5.69 Å². The molecule has 170 valence electrons. The lowest BCUT2D eigenvalue weighted by molar-refractivity contribution is -0.755. The summed E-state index contributed by atoms with van der Waals surface area (Å²) >= 11 is 0. The van der Waals surface area contributed by atoms with Crippen LogP contribution >= 0.6 is 0 Å². The van der Waals surface area contributed by atoms with E-state index in [4.69, 9.17) is 9.78 Å². The number of nitrogens with one attached hydrogen (secondary N) is 2. The molecule has 0 aliphatic heterocycles. The van der Waals surface area contributed by atoms with Crippen LogP contribution in [0.1, 0.15) is 17.0 Å². The summed E-state index contributed by atoms with van der Waals surface area (Å²) in [6.07, 6.45) is 2.88. The van der Waals surface area contributed by atoms with Crippen molar-refractivity contribution in [2.75, 3.05) is 10.6 Å². The van der Waals surface area contributed by atoms with Gasteiger partial charge >= 0.3 is 18.1 Å². The third-order valence-corrected chi connectivity index (χ3v) is 4.35. The highest BCUT2D eigenvalue weighted by molar-refractivity contribution is 5.98. The average molecular weight is 468 g/mol. The molecule has 34 heavy (non-hydrogen) atoms. The van der Waals surface area contributed by atoms with Gasteiger partial charge in [-0.05, 0) is 16.8 Å². The topological polar surface area (TPSA) is 146 Å². The molecule has 14 heteroatoms. The Morgan fingerprint density at radius 1 is 1.12 bits per heavy atom. The number of nitriles is 1. The number of aromatic nitrogens is 6. The molecule has 0 saturated carbocycles. The van der Waals surface area contributed by atoms with E-state index in [9.17, 15) is 18.0 Å². The predicted molar refractivity (Wildman–Crippen MR) is 108 cm³/mol. The number of carbonyl (C=O) groups is 1. The summed E-state index contributed by atoms with van der Waals surface area (Å²) in [5.74, 6) is -0.0471. The number of urea groups is 1. The van der Waals surface area contributed by atoms with Crippen molar-refractivity contribution >= 4 is 17.6 Å². The largest absolute Gasteiger partial charge is 0.417 e. The Labute approximate surface area is 188 Å². The first kappa shape index (κ1) is 22.3. The van der Waals surface area contributed by atoms with Crippen molar-refractivity contribution in [2.24, 2.45) is 0 Å². The number of carbonyl (C=O) groups excluding carboxylic acids is 1. The van der Waals surface area contributed by atoms with Gasteiger partial charge in [-0.25, -0.2) is 14.8 Å². The summed E-state index contributed by atoms with van der Waals surface area (Å²) in [6, 6.07) is 5.37. The SMILES string of the molecule is N#Cc1ncncc1-c1ccc(C[n+]2cc(NC(=O)Nc3cncc(C(F)(F)F)c3)on2)nc1. The highest BCUT2D eigenvalue weighted by atomic mass is 19.4. The molecule has 4 rings (SSSR count). The molecule has 11 nitrogen and oxygen atoms in total. The molecule has 0 unspecified atom stereocenters. The lowest BCUT2D eigenvalue weighted by Crippen LogP contribution is -2.35. The van der Waals surface area contributed by atoms with Crippen LogP contribution in [0.3, 0.4) is 0 Å². The highest BCUT2D eigenvalue weighted by Crippen LogP contribution is 2.30. The molecule has 0 radical (unpaired) electrons. The van der Waals surface area contributed by atoms with Gasteiger partial charge in [0, 0.05) is 29.7 Å². The summed E-state index contributed by atoms with van der Waals surface area (Å²) in [5, 5.41) is 17.5. The van der Waals surface area contributed by atoms with E-state index >= 15 is 0 Å². The van der Waals surface area contributed by atoms with Crippen LogP contribution in [0.25, 0.3) is 11.1 Å². The van der Waals surface area contributed by atoms with Crippen molar-refractivity contribution in [1.82, 2.24) is 25.2 Å². The maximum Gasteiger partial charge on any atom is 0.417 e. The fourth-order valence-electron chi connectivity index (χ4n) is 2.82. The van der Waals surface area contributed by atoms with Crippen LogP contribution < -0.4 is 15.3 Å². The zero-order valence-corrected chi connectivity index (χ0v) is 17.0. The van der Waals surface area contributed by atoms with E-state index in [1.807, 2.05) is 6.07 Å². The maximum atomic E-state index is 12.8. The second kappa shape index (κ2) is 9.28. The summed E-state index contributed by atoms with van der Waals surface area (Å²) in [7, 11) is 0. The van der Waals surface area contributed by atoms with E-state index in [-0.39, 0.29) is 23.8 Å². The van der Waals surface area contributed by atoms with E-state index in [1.165, 1.54) is 23.4 Å². The minimum atomic E-state index is -4.59. The molecular formula is C20H13F3N9O2+. The van der Waals surface area contributed by atoms with Crippen molar-refractivity contribution < 1.29 is 27.2 Å². The molecule has 4 aromatic heterocycles. The summed E-state index contributed by atoms with van der Waals surface area (Å²) < 4.78 is 44.6. The minimum absolute atomic E-state index is 0.0471. The van der Waals surface area contributed by atoms with Gasteiger partial charge in [0.05, 0.1) is 17.4 Å². The molecule has 4 heterocycles. The Hall–Kier alpha value is -4.93. The van der Waals surface area contributed by atoms with E-state index in [0.29, 0.717) is 23.0 Å². The molecule has 0 atom stereocenters. The number of pyridine rings is 2. The van der Waals surface area contributed by atoms with Gasteiger partial charge in [-0.3, -0.25) is 19.8 Å². The molecule has 0 aliphatic rings. The number of alkyl halides is 3. The molecule has 0 saturated heterocycles. The molecule has 4 aromatic rings. The molecule has 2 N–H and O–H groups in total. The van der Waals surface area contributed by atoms with Gasteiger partial charge < -0.3 is 5.32 Å². The van der Waals surface area contributed by atoms with Gasteiger partial charge in [0.25, 0.3) is 6.20 Å². The second-order valence-electron chi connectivity index (χ2n) is 6.74. The fraction of sp³-hybridized carbons (Fsp3) is 0.100. The van der Waals surface area contributed by atoms with Crippen LogP contribution in [0.2, 0.25) is 0 Å². The first-order valence-corrected chi connectivity index (χ1v) is 9.44. The zero-order chi connectivity index (χ0) is 24.1. The Kier molecular flexibility index (Phi) is 6.08. The Morgan fingerprint density at radius 2 is 1.97 bits per heavy atom. The van der Waals surface area contributed by atoms with Crippen LogP contribution in [0.4, 0.5) is 29.5 Å². The average Bonchev–Trinajstić information content (AvgIpc) is 3.25. The van der Waals surface area contributed by atoms with Crippen LogP contribution in [0.5, 0.6) is 0 Å². The van der Waals surface area contributed by atoms with E-state index in [1.54, 1.807) is 18.3 Å². The standard InChI is InChI=1S/C20H12F3N9O2/c21-20(22,23)13-3-15(7-25-6-13)29-19(33)30-18-10-32(31-34-18)9-14-2-1-12(5-27-14)16-8-26-11-28-17(16)4-24/h1-3,5-8,10-11H,9H2,(H-,29,30,31,33)/p+1. The van der Waals surface area contributed by atoms with Crippen molar-refractivity contribution in [2.45, 2.75) is 12.7 Å². The van der Waals surface area contributed by atoms with Crippen LogP contribution in [0.15, 0.2) is 60.0 Å². The Bertz CT molecular complexity index is 1360. The smallest absolute Gasteiger partial charge is 0.306 e. The first-order valence-electron chi connectivity index (χ1n) is 9.44. The number of halogens is 3. The molecule has 2 amide bonds. The predicted octanol–water partition coefficient (Wildman–Crippen LogP) is 2.79. The highest BCUT2D eigenvalue weighted by Gasteiger charge is 2.31. The molecule has 0 aliphatic carbocycles. The van der Waals surface area contributed by atoms with Crippen molar-refractivity contribution in [3.63, 3.8) is 0 Å². The van der Waals surface area contributed by atoms with E-state index in [0.717, 1.165) is 12.3 Å². The van der Waals surface area contributed by atoms with E-state index < -0.39 is 17.8 Å². The lowest BCUT2D eigenvalue weighted by atomic mass is 10.1. The summed E-state index contributed by atoms with van der Waals surface area (Å²) in [5.41, 5.74) is 0.895. The number of nitrogens with zero attached hydrogens (tertiary/aromatic N) is 7. The van der Waals surface area contributed by atoms with Gasteiger partial charge in [-0.2, -0.15) is 18.4 Å². The van der Waals surface area contributed by atoms with Crippen LogP contribution in [0, 0.1) is 11.3 Å². The van der Waals surface area contributed by atoms with Gasteiger partial charge in [-0.15, -0.1) is 0 Å². The number of anilines is 2. The first-order chi connectivity index (χ1) is 16.3. The quantitative estimate of drug-likeness (QED) is 0.425. The Morgan fingerprint density at radius 3 is 2.71 bits per heavy atom. The van der Waals surface area contributed by atoms with Crippen LogP contribution in [-0.4, -0.2) is 31.2 Å². The minimum Gasteiger partial charge on any atom is -0.306 e. The van der Waals surface area contributed by atoms with Gasteiger partial charge in [0.1, 0.15) is 18.1 Å². The number of hydrogen-bond acceptors (Lipinski definition) is 8. The third kappa shape index (κ3) is 5.27. The monoisotopic (exact) mass is 468 g/mol. The molecular weight excluding hydrogens is 455 g/mol. The third-order valence-electron chi connectivity index (χ3n) is 4.35. The number of hydrogen-bond donors (Lipinski definition) is 2. The molecule has 0 bridgehead atoms. The second-order valence-corrected chi connectivity index (χ2v) is 6.74. The van der Waals surface area contributed by atoms with E-state index in [2.05, 4.69) is 35.8 Å². The molecule has 0 fully saturated rings. The van der Waals surface area contributed by atoms with Gasteiger partial charge in [-0.1, -0.05) is 6.07 Å². The van der Waals surface area contributed by atoms with Crippen molar-refractivity contribution in [1.29, 1.82) is 5.26 Å². The summed E-state index contributed by atoms with van der Waals surface area (Å²) in [4.78, 5) is 27.7. The number of amides is 2. The maximum absolute atomic E-state index is 12.8. The normalized spacial score (nSPS) is 11.0. The lowest BCUT2D eigenvalue weighted by Gasteiger charge is -2.08. The zero-order valence-electron chi connectivity index (χ0n) is 17.0. The summed E-state index contributed by atoms with van der Waals surface area (Å²) in [6.45, 7) is 0.195. The molecule has 0 aromatic carbocycles. The number of rotatable bonds is 5.